The minimum absolute atomic E-state index is 0.123. The molecule has 104 valence electrons. The second-order valence-corrected chi connectivity index (χ2v) is 5.77. The van der Waals surface area contributed by atoms with E-state index >= 15 is 0 Å². The number of rotatable bonds is 6. The van der Waals surface area contributed by atoms with Gasteiger partial charge in [-0.15, -0.1) is 0 Å². The van der Waals surface area contributed by atoms with Crippen molar-refractivity contribution in [2.45, 2.75) is 32.6 Å². The Balaban J connectivity index is 1.86. The Morgan fingerprint density at radius 2 is 1.95 bits per heavy atom. The number of amides is 1. The molecule has 2 rings (SSSR count). The number of hydrogen-bond donors (Lipinski definition) is 1. The van der Waals surface area contributed by atoms with E-state index < -0.39 is 0 Å². The molecular weight excluding hydrogens is 236 g/mol. The van der Waals surface area contributed by atoms with Gasteiger partial charge in [-0.3, -0.25) is 4.79 Å². The molecule has 0 unspecified atom stereocenters. The zero-order chi connectivity index (χ0) is 13.8. The van der Waals surface area contributed by atoms with Gasteiger partial charge in [-0.2, -0.15) is 0 Å². The lowest BCUT2D eigenvalue weighted by atomic mass is 10.0. The summed E-state index contributed by atoms with van der Waals surface area (Å²) >= 11 is 0. The fourth-order valence-electron chi connectivity index (χ4n) is 2.05. The van der Waals surface area contributed by atoms with Gasteiger partial charge in [-0.25, -0.2) is 0 Å². The van der Waals surface area contributed by atoms with Crippen molar-refractivity contribution in [1.82, 2.24) is 5.32 Å². The van der Waals surface area contributed by atoms with Crippen LogP contribution in [0.25, 0.3) is 0 Å². The monoisotopic (exact) mass is 260 g/mol. The van der Waals surface area contributed by atoms with E-state index in [0.717, 1.165) is 18.2 Å². The summed E-state index contributed by atoms with van der Waals surface area (Å²) in [4.78, 5) is 13.8. The van der Waals surface area contributed by atoms with Crippen LogP contribution in [0.2, 0.25) is 0 Å². The maximum atomic E-state index is 12.0. The van der Waals surface area contributed by atoms with E-state index in [4.69, 9.17) is 0 Å². The number of likely N-dealkylation sites (N-methyl/N-ethyl adjacent to an activating group) is 1. The summed E-state index contributed by atoms with van der Waals surface area (Å²) in [5.41, 5.74) is 2.26. The van der Waals surface area contributed by atoms with Gasteiger partial charge in [-0.1, -0.05) is 26.0 Å². The summed E-state index contributed by atoms with van der Waals surface area (Å²) in [6.45, 7) is 5.75. The molecule has 0 aromatic heterocycles. The summed E-state index contributed by atoms with van der Waals surface area (Å²) in [6, 6.07) is 8.24. The molecule has 1 aliphatic rings. The van der Waals surface area contributed by atoms with Crippen LogP contribution in [0.4, 0.5) is 5.69 Å². The smallest absolute Gasteiger partial charge is 0.240 e. The number of carbonyl (C=O) groups excluding carboxylic acids is 1. The first-order valence-corrected chi connectivity index (χ1v) is 7.15. The Morgan fingerprint density at radius 1 is 1.32 bits per heavy atom. The van der Waals surface area contributed by atoms with Crippen LogP contribution in [-0.4, -0.2) is 26.0 Å². The quantitative estimate of drug-likeness (QED) is 0.853. The van der Waals surface area contributed by atoms with Crippen molar-refractivity contribution in [2.75, 3.05) is 25.0 Å². The molecular formula is C16H24N2O. The van der Waals surface area contributed by atoms with Gasteiger partial charge in [0, 0.05) is 12.7 Å². The minimum atomic E-state index is 0.123. The number of nitrogens with one attached hydrogen (secondary N) is 1. The van der Waals surface area contributed by atoms with Crippen molar-refractivity contribution >= 4 is 11.6 Å². The van der Waals surface area contributed by atoms with Crippen molar-refractivity contribution in [3.63, 3.8) is 0 Å². The average molecular weight is 260 g/mol. The molecule has 0 spiro atoms. The molecule has 0 heterocycles. The maximum Gasteiger partial charge on any atom is 0.240 e. The molecule has 0 atom stereocenters. The van der Waals surface area contributed by atoms with E-state index in [-0.39, 0.29) is 5.91 Å². The van der Waals surface area contributed by atoms with Crippen LogP contribution >= 0.6 is 0 Å². The maximum absolute atomic E-state index is 12.0. The molecule has 0 radical (unpaired) electrons. The lowest BCUT2D eigenvalue weighted by Crippen LogP contribution is -2.36. The molecule has 1 amide bonds. The molecule has 0 aliphatic heterocycles. The summed E-state index contributed by atoms with van der Waals surface area (Å²) in [7, 11) is 1.84. The zero-order valence-electron chi connectivity index (χ0n) is 12.1. The molecule has 1 saturated carbocycles. The van der Waals surface area contributed by atoms with Crippen LogP contribution in [-0.2, 0) is 4.79 Å². The first kappa shape index (κ1) is 14.1. The summed E-state index contributed by atoms with van der Waals surface area (Å²) in [6.07, 6.45) is 2.63. The standard InChI is InChI=1S/C16H24N2O/c1-12(2)14-6-8-15(9-7-14)18(3)16(19)11-17-10-13-4-5-13/h6-9,12-13,17H,4-5,10-11H2,1-3H3. The normalized spacial score (nSPS) is 14.7. The molecule has 1 aliphatic carbocycles. The third kappa shape index (κ3) is 4.06. The van der Waals surface area contributed by atoms with Gasteiger partial charge in [0.05, 0.1) is 6.54 Å². The Kier molecular flexibility index (Phi) is 4.59. The lowest BCUT2D eigenvalue weighted by molar-refractivity contribution is -0.117. The predicted octanol–water partition coefficient (Wildman–Crippen LogP) is 2.77. The summed E-state index contributed by atoms with van der Waals surface area (Å²) in [5.74, 6) is 1.46. The Hall–Kier alpha value is -1.35. The topological polar surface area (TPSA) is 32.3 Å². The van der Waals surface area contributed by atoms with Crippen molar-refractivity contribution in [1.29, 1.82) is 0 Å². The third-order valence-corrected chi connectivity index (χ3v) is 3.73. The molecule has 3 heteroatoms. The fraction of sp³-hybridized carbons (Fsp3) is 0.562. The van der Waals surface area contributed by atoms with E-state index in [9.17, 15) is 4.79 Å². The van der Waals surface area contributed by atoms with E-state index in [0.29, 0.717) is 12.5 Å². The van der Waals surface area contributed by atoms with E-state index in [2.05, 4.69) is 31.3 Å². The van der Waals surface area contributed by atoms with E-state index in [1.807, 2.05) is 19.2 Å². The first-order valence-electron chi connectivity index (χ1n) is 7.15. The van der Waals surface area contributed by atoms with Gasteiger partial charge >= 0.3 is 0 Å². The van der Waals surface area contributed by atoms with Crippen molar-refractivity contribution in [3.05, 3.63) is 29.8 Å². The second kappa shape index (κ2) is 6.20. The van der Waals surface area contributed by atoms with Crippen LogP contribution in [0.5, 0.6) is 0 Å². The lowest BCUT2D eigenvalue weighted by Gasteiger charge is -2.18. The molecule has 3 nitrogen and oxygen atoms in total. The van der Waals surface area contributed by atoms with E-state index in [1.54, 1.807) is 4.90 Å². The van der Waals surface area contributed by atoms with E-state index in [1.165, 1.54) is 18.4 Å². The number of hydrogen-bond acceptors (Lipinski definition) is 2. The van der Waals surface area contributed by atoms with Crippen LogP contribution in [0.15, 0.2) is 24.3 Å². The van der Waals surface area contributed by atoms with Gasteiger partial charge in [0.25, 0.3) is 0 Å². The summed E-state index contributed by atoms with van der Waals surface area (Å²) < 4.78 is 0. The SMILES string of the molecule is CC(C)c1ccc(N(C)C(=O)CNCC2CC2)cc1. The highest BCUT2D eigenvalue weighted by molar-refractivity contribution is 5.94. The van der Waals surface area contributed by atoms with Gasteiger partial charge in [0.1, 0.15) is 0 Å². The number of anilines is 1. The van der Waals surface area contributed by atoms with Crippen LogP contribution in [0, 0.1) is 5.92 Å². The van der Waals surface area contributed by atoms with Gasteiger partial charge in [0.2, 0.25) is 5.91 Å². The molecule has 0 saturated heterocycles. The zero-order valence-corrected chi connectivity index (χ0v) is 12.1. The van der Waals surface area contributed by atoms with Crippen LogP contribution < -0.4 is 10.2 Å². The van der Waals surface area contributed by atoms with Crippen molar-refractivity contribution in [3.8, 4) is 0 Å². The van der Waals surface area contributed by atoms with Crippen LogP contribution in [0.3, 0.4) is 0 Å². The van der Waals surface area contributed by atoms with Gasteiger partial charge in [-0.05, 0) is 48.9 Å². The number of nitrogens with zero attached hydrogens (tertiary/aromatic N) is 1. The Bertz CT molecular complexity index is 421. The van der Waals surface area contributed by atoms with Gasteiger partial charge in [0.15, 0.2) is 0 Å². The Labute approximate surface area is 116 Å². The molecule has 19 heavy (non-hydrogen) atoms. The average Bonchev–Trinajstić information content (AvgIpc) is 3.22. The third-order valence-electron chi connectivity index (χ3n) is 3.73. The molecule has 0 bridgehead atoms. The summed E-state index contributed by atoms with van der Waals surface area (Å²) in [5, 5.41) is 3.24. The molecule has 1 aromatic carbocycles. The number of carbonyl (C=O) groups is 1. The van der Waals surface area contributed by atoms with Gasteiger partial charge < -0.3 is 10.2 Å². The molecule has 1 fully saturated rings. The van der Waals surface area contributed by atoms with Crippen molar-refractivity contribution < 1.29 is 4.79 Å². The van der Waals surface area contributed by atoms with Crippen molar-refractivity contribution in [2.24, 2.45) is 5.92 Å². The highest BCUT2D eigenvalue weighted by Gasteiger charge is 2.21. The first-order chi connectivity index (χ1) is 9.08. The fourth-order valence-corrected chi connectivity index (χ4v) is 2.05. The predicted molar refractivity (Wildman–Crippen MR) is 79.5 cm³/mol. The molecule has 1 aromatic rings. The highest BCUT2D eigenvalue weighted by Crippen LogP contribution is 2.27. The number of benzene rings is 1. The second-order valence-electron chi connectivity index (χ2n) is 5.77. The van der Waals surface area contributed by atoms with Crippen LogP contribution in [0.1, 0.15) is 38.2 Å². The largest absolute Gasteiger partial charge is 0.314 e. The highest BCUT2D eigenvalue weighted by atomic mass is 16.2. The molecule has 1 N–H and O–H groups in total. The Morgan fingerprint density at radius 3 is 2.47 bits per heavy atom. The minimum Gasteiger partial charge on any atom is -0.314 e.